The highest BCUT2D eigenvalue weighted by Gasteiger charge is 2.33. The van der Waals surface area contributed by atoms with E-state index in [2.05, 4.69) is 40.1 Å². The number of thiophene rings is 1. The van der Waals surface area contributed by atoms with Crippen LogP contribution in [-0.2, 0) is 4.79 Å². The molecule has 2 aromatic rings. The Hall–Kier alpha value is -2.43. The van der Waals surface area contributed by atoms with Crippen LogP contribution >= 0.6 is 27.3 Å². The highest BCUT2D eigenvalue weighted by Crippen LogP contribution is 2.29. The number of aryl methyl sites for hydroxylation is 1. The van der Waals surface area contributed by atoms with E-state index in [1.54, 1.807) is 17.0 Å². The third kappa shape index (κ3) is 6.27. The summed E-state index contributed by atoms with van der Waals surface area (Å²) in [7, 11) is 2.09. The van der Waals surface area contributed by atoms with Gasteiger partial charge in [0.05, 0.1) is 9.83 Å². The molecule has 0 saturated carbocycles. The van der Waals surface area contributed by atoms with Gasteiger partial charge in [0.1, 0.15) is 0 Å². The monoisotopic (exact) mass is 576 g/mol. The Morgan fingerprint density at radius 2 is 2.06 bits per heavy atom. The Labute approximate surface area is 224 Å². The minimum absolute atomic E-state index is 0.0588. The van der Waals surface area contributed by atoms with Gasteiger partial charge < -0.3 is 24.8 Å². The van der Waals surface area contributed by atoms with Gasteiger partial charge in [0, 0.05) is 43.3 Å². The molecule has 0 radical (unpaired) electrons. The SMILES string of the molecule is CCN(C)CC1CCCCN1C(=O)c1ccc(N2CC(NC(=O)Oc3ccc(Br)s3)CC2=O)cc1C. The lowest BCUT2D eigenvalue weighted by Gasteiger charge is -2.38. The first-order valence-corrected chi connectivity index (χ1v) is 14.0. The van der Waals surface area contributed by atoms with Crippen molar-refractivity contribution in [2.45, 2.75) is 51.6 Å². The number of hydrogen-bond donors (Lipinski definition) is 1. The van der Waals surface area contributed by atoms with Gasteiger partial charge in [0.15, 0.2) is 5.06 Å². The number of carbonyl (C=O) groups is 3. The number of anilines is 1. The van der Waals surface area contributed by atoms with Crippen molar-refractivity contribution in [3.63, 3.8) is 0 Å². The molecule has 8 nitrogen and oxygen atoms in total. The quantitative estimate of drug-likeness (QED) is 0.518. The van der Waals surface area contributed by atoms with Gasteiger partial charge in [-0.3, -0.25) is 9.59 Å². The summed E-state index contributed by atoms with van der Waals surface area (Å²) in [5.41, 5.74) is 2.25. The average molecular weight is 578 g/mol. The summed E-state index contributed by atoms with van der Waals surface area (Å²) in [5.74, 6) is -0.0140. The Kier molecular flexibility index (Phi) is 8.69. The maximum absolute atomic E-state index is 13.5. The summed E-state index contributed by atoms with van der Waals surface area (Å²) < 4.78 is 6.16. The summed E-state index contributed by atoms with van der Waals surface area (Å²) >= 11 is 4.65. The Morgan fingerprint density at radius 3 is 2.75 bits per heavy atom. The van der Waals surface area contributed by atoms with Crippen molar-refractivity contribution in [1.29, 1.82) is 0 Å². The van der Waals surface area contributed by atoms with Gasteiger partial charge in [-0.1, -0.05) is 18.3 Å². The van der Waals surface area contributed by atoms with Crippen LogP contribution in [0.4, 0.5) is 10.5 Å². The molecule has 36 heavy (non-hydrogen) atoms. The second-order valence-electron chi connectivity index (χ2n) is 9.50. The lowest BCUT2D eigenvalue weighted by Crippen LogP contribution is -2.49. The molecule has 1 N–H and O–H groups in total. The highest BCUT2D eigenvalue weighted by molar-refractivity contribution is 9.11. The number of likely N-dealkylation sites (tertiary alicyclic amines) is 1. The van der Waals surface area contributed by atoms with Crippen molar-refractivity contribution in [2.75, 3.05) is 38.1 Å². The molecule has 0 bridgehead atoms. The minimum Gasteiger partial charge on any atom is -0.399 e. The zero-order valence-corrected chi connectivity index (χ0v) is 23.4. The van der Waals surface area contributed by atoms with Crippen LogP contribution in [0.2, 0.25) is 0 Å². The van der Waals surface area contributed by atoms with Gasteiger partial charge in [-0.15, -0.1) is 0 Å². The number of halogens is 1. The summed E-state index contributed by atoms with van der Waals surface area (Å²) in [6.45, 7) is 7.01. The Morgan fingerprint density at radius 1 is 1.25 bits per heavy atom. The van der Waals surface area contributed by atoms with E-state index in [0.717, 1.165) is 53.9 Å². The van der Waals surface area contributed by atoms with Crippen LogP contribution in [0, 0.1) is 6.92 Å². The standard InChI is InChI=1S/C26H33BrN4O4S/c1-4-29(3)16-20-7-5-6-12-30(20)25(33)21-9-8-19(13-17(21)2)31-15-18(14-23(31)32)28-26(34)35-24-11-10-22(27)36-24/h8-11,13,18,20H,4-7,12,14-16H2,1-3H3,(H,28,34). The fraction of sp³-hybridized carbons (Fsp3) is 0.500. The van der Waals surface area contributed by atoms with Crippen molar-refractivity contribution in [2.24, 2.45) is 0 Å². The van der Waals surface area contributed by atoms with Crippen molar-refractivity contribution in [3.8, 4) is 5.06 Å². The van der Waals surface area contributed by atoms with Crippen molar-refractivity contribution in [1.82, 2.24) is 15.1 Å². The molecule has 3 heterocycles. The molecule has 2 saturated heterocycles. The molecule has 10 heteroatoms. The normalized spacial score (nSPS) is 20.2. The number of carbonyl (C=O) groups excluding carboxylic acids is 3. The first-order valence-electron chi connectivity index (χ1n) is 12.4. The van der Waals surface area contributed by atoms with Gasteiger partial charge in [-0.25, -0.2) is 4.79 Å². The number of ether oxygens (including phenoxy) is 1. The molecule has 2 aliphatic rings. The Bertz CT molecular complexity index is 1120. The molecule has 194 valence electrons. The molecule has 3 amide bonds. The summed E-state index contributed by atoms with van der Waals surface area (Å²) in [6.07, 6.45) is 2.82. The second-order valence-corrected chi connectivity index (χ2v) is 11.9. The zero-order chi connectivity index (χ0) is 25.8. The number of amides is 3. The summed E-state index contributed by atoms with van der Waals surface area (Å²) in [6, 6.07) is 8.95. The van der Waals surface area contributed by atoms with Crippen molar-refractivity contribution >= 4 is 50.9 Å². The molecule has 1 aromatic heterocycles. The van der Waals surface area contributed by atoms with Crippen LogP contribution in [0.25, 0.3) is 0 Å². The molecule has 2 fully saturated rings. The van der Waals surface area contributed by atoms with Crippen LogP contribution < -0.4 is 15.0 Å². The predicted octanol–water partition coefficient (Wildman–Crippen LogP) is 4.66. The number of hydrogen-bond acceptors (Lipinski definition) is 6. The molecule has 4 rings (SSSR count). The molecule has 1 aromatic carbocycles. The van der Waals surface area contributed by atoms with E-state index < -0.39 is 6.09 Å². The van der Waals surface area contributed by atoms with E-state index in [1.807, 2.05) is 30.0 Å². The van der Waals surface area contributed by atoms with E-state index in [0.29, 0.717) is 17.2 Å². The Balaban J connectivity index is 1.40. The average Bonchev–Trinajstić information content (AvgIpc) is 3.42. The number of benzene rings is 1. The number of nitrogens with zero attached hydrogens (tertiary/aromatic N) is 3. The van der Waals surface area contributed by atoms with Gasteiger partial charge in [-0.2, -0.15) is 0 Å². The van der Waals surface area contributed by atoms with E-state index in [1.165, 1.54) is 11.3 Å². The lowest BCUT2D eigenvalue weighted by atomic mass is 9.98. The third-order valence-corrected chi connectivity index (χ3v) is 8.39. The fourth-order valence-corrected chi connectivity index (χ4v) is 6.04. The minimum atomic E-state index is -0.578. The van der Waals surface area contributed by atoms with Crippen LogP contribution in [0.1, 0.15) is 48.5 Å². The molecule has 2 atom stereocenters. The molecule has 2 aliphatic heterocycles. The largest absolute Gasteiger partial charge is 0.413 e. The summed E-state index contributed by atoms with van der Waals surface area (Å²) in [5, 5.41) is 3.26. The number of likely N-dealkylation sites (N-methyl/N-ethyl adjacent to an activating group) is 1. The maximum atomic E-state index is 13.5. The topological polar surface area (TPSA) is 82.2 Å². The van der Waals surface area contributed by atoms with Gasteiger partial charge in [0.25, 0.3) is 5.91 Å². The van der Waals surface area contributed by atoms with Gasteiger partial charge in [-0.05, 0) is 91.6 Å². The van der Waals surface area contributed by atoms with Crippen molar-refractivity contribution < 1.29 is 19.1 Å². The van der Waals surface area contributed by atoms with Gasteiger partial charge in [0.2, 0.25) is 5.91 Å². The molecular formula is C26H33BrN4O4S. The lowest BCUT2D eigenvalue weighted by molar-refractivity contribution is -0.117. The summed E-state index contributed by atoms with van der Waals surface area (Å²) in [4.78, 5) is 44.4. The second kappa shape index (κ2) is 11.7. The molecular weight excluding hydrogens is 544 g/mol. The highest BCUT2D eigenvalue weighted by atomic mass is 79.9. The molecule has 2 unspecified atom stereocenters. The van der Waals surface area contributed by atoms with E-state index in [4.69, 9.17) is 4.74 Å². The maximum Gasteiger partial charge on any atom is 0.413 e. The number of rotatable bonds is 7. The smallest absolute Gasteiger partial charge is 0.399 e. The van der Waals surface area contributed by atoms with Crippen LogP contribution in [0.3, 0.4) is 0 Å². The first kappa shape index (κ1) is 26.6. The third-order valence-electron chi connectivity index (χ3n) is 6.89. The van der Waals surface area contributed by atoms with Crippen LogP contribution in [0.5, 0.6) is 5.06 Å². The van der Waals surface area contributed by atoms with Crippen LogP contribution in [0.15, 0.2) is 34.1 Å². The number of nitrogens with one attached hydrogen (secondary N) is 1. The predicted molar refractivity (Wildman–Crippen MR) is 145 cm³/mol. The van der Waals surface area contributed by atoms with E-state index in [9.17, 15) is 14.4 Å². The molecule has 0 spiro atoms. The zero-order valence-electron chi connectivity index (χ0n) is 21.0. The van der Waals surface area contributed by atoms with Gasteiger partial charge >= 0.3 is 6.09 Å². The van der Waals surface area contributed by atoms with Crippen molar-refractivity contribution in [3.05, 3.63) is 45.2 Å². The van der Waals surface area contributed by atoms with E-state index in [-0.39, 0.29) is 30.3 Å². The fourth-order valence-electron chi connectivity index (χ4n) is 4.85. The number of piperidine rings is 1. The first-order chi connectivity index (χ1) is 17.2. The molecule has 0 aliphatic carbocycles. The van der Waals surface area contributed by atoms with Crippen LogP contribution in [-0.4, -0.2) is 73.0 Å². The van der Waals surface area contributed by atoms with E-state index >= 15 is 0 Å².